The fourth-order valence-electron chi connectivity index (χ4n) is 0.570. The van der Waals surface area contributed by atoms with Crippen LogP contribution in [-0.4, -0.2) is 32.8 Å². The predicted octanol–water partition coefficient (Wildman–Crippen LogP) is -0.202. The molecular weight excluding hydrogens is 164 g/mol. The topological polar surface area (TPSA) is 72.5 Å². The van der Waals surface area contributed by atoms with Gasteiger partial charge in [0.25, 0.3) is 0 Å². The molecule has 0 aliphatic heterocycles. The third-order valence-electron chi connectivity index (χ3n) is 0.949. The van der Waals surface area contributed by atoms with Crippen LogP contribution in [0, 0.1) is 0 Å². The average Bonchev–Trinajstić information content (AvgIpc) is 1.79. The minimum atomic E-state index is -3.01. The molecule has 0 amide bonds. The van der Waals surface area contributed by atoms with Crippen LogP contribution < -0.4 is 5.73 Å². The summed E-state index contributed by atoms with van der Waals surface area (Å²) in [5.74, 6) is 0.0712. The van der Waals surface area contributed by atoms with Gasteiger partial charge >= 0.3 is 0 Å². The normalized spacial score (nSPS) is 13.5. The number of amidine groups is 1. The number of sulfone groups is 1. The summed E-state index contributed by atoms with van der Waals surface area (Å²) in [5.41, 5.74) is 5.32. The van der Waals surface area contributed by atoms with E-state index in [-0.39, 0.29) is 11.6 Å². The Balaban J connectivity index is 3.97. The lowest BCUT2D eigenvalue weighted by molar-refractivity contribution is 0.605. The summed E-state index contributed by atoms with van der Waals surface area (Å²) in [6, 6.07) is 0. The smallest absolute Gasteiger partial charge is 0.154 e. The van der Waals surface area contributed by atoms with Gasteiger partial charge in [-0.3, -0.25) is 4.99 Å². The van der Waals surface area contributed by atoms with E-state index in [1.807, 2.05) is 6.92 Å². The molecule has 11 heavy (non-hydrogen) atoms. The summed E-state index contributed by atoms with van der Waals surface area (Å²) in [6.45, 7) is 2.55. The Hall–Kier alpha value is -0.580. The maximum Gasteiger partial charge on any atom is 0.154 e. The number of nitrogens with zero attached hydrogens (tertiary/aromatic N) is 1. The van der Waals surface area contributed by atoms with Gasteiger partial charge < -0.3 is 5.73 Å². The average molecular weight is 178 g/mol. The van der Waals surface area contributed by atoms with Crippen LogP contribution in [0.3, 0.4) is 0 Å². The summed E-state index contributed by atoms with van der Waals surface area (Å²) in [4.78, 5) is 3.84. The molecule has 0 fully saturated rings. The van der Waals surface area contributed by atoms with Crippen molar-refractivity contribution in [2.24, 2.45) is 10.7 Å². The fourth-order valence-corrected chi connectivity index (χ4v) is 1.20. The molecule has 0 saturated heterocycles. The highest BCUT2D eigenvalue weighted by Gasteiger charge is 2.03. The maximum absolute atomic E-state index is 10.6. The van der Waals surface area contributed by atoms with Gasteiger partial charge in [0, 0.05) is 12.8 Å². The minimum Gasteiger partial charge on any atom is -0.387 e. The zero-order valence-corrected chi connectivity index (χ0v) is 7.69. The Kier molecular flexibility index (Phi) is 4.10. The lowest BCUT2D eigenvalue weighted by Gasteiger charge is -1.96. The third kappa shape index (κ3) is 7.32. The van der Waals surface area contributed by atoms with Crippen LogP contribution in [0.2, 0.25) is 0 Å². The van der Waals surface area contributed by atoms with E-state index in [0.717, 1.165) is 12.7 Å². The monoisotopic (exact) mass is 178 g/mol. The summed E-state index contributed by atoms with van der Waals surface area (Å²) in [6.07, 6.45) is 2.02. The Bertz CT molecular complexity index is 231. The minimum absolute atomic E-state index is 0.132. The van der Waals surface area contributed by atoms with Crippen LogP contribution in [0.4, 0.5) is 0 Å². The van der Waals surface area contributed by atoms with Gasteiger partial charge in [0.1, 0.15) is 11.6 Å². The molecule has 2 N–H and O–H groups in total. The van der Waals surface area contributed by atoms with Crippen LogP contribution in [0.25, 0.3) is 0 Å². The summed E-state index contributed by atoms with van der Waals surface area (Å²) >= 11 is 0. The van der Waals surface area contributed by atoms with Crippen molar-refractivity contribution < 1.29 is 8.42 Å². The van der Waals surface area contributed by atoms with Crippen LogP contribution in [0.5, 0.6) is 0 Å². The van der Waals surface area contributed by atoms with Crippen LogP contribution in [0.15, 0.2) is 4.99 Å². The molecule has 0 aliphatic rings. The second-order valence-electron chi connectivity index (χ2n) is 2.44. The molecule has 0 saturated carbocycles. The van der Waals surface area contributed by atoms with Crippen molar-refractivity contribution in [1.29, 1.82) is 0 Å². The first kappa shape index (κ1) is 10.4. The maximum atomic E-state index is 10.6. The number of rotatable bonds is 4. The van der Waals surface area contributed by atoms with Gasteiger partial charge in [-0.1, -0.05) is 6.92 Å². The van der Waals surface area contributed by atoms with Crippen molar-refractivity contribution in [3.8, 4) is 0 Å². The van der Waals surface area contributed by atoms with Gasteiger partial charge in [-0.05, 0) is 6.42 Å². The molecular formula is C6H14N2O2S. The van der Waals surface area contributed by atoms with E-state index in [9.17, 15) is 8.42 Å². The van der Waals surface area contributed by atoms with Gasteiger partial charge in [0.05, 0.1) is 0 Å². The molecule has 5 heteroatoms. The molecule has 0 unspecified atom stereocenters. The summed E-state index contributed by atoms with van der Waals surface area (Å²) in [5, 5.41) is 0. The zero-order chi connectivity index (χ0) is 8.91. The first-order valence-electron chi connectivity index (χ1n) is 3.42. The molecule has 0 aromatic heterocycles. The predicted molar refractivity (Wildman–Crippen MR) is 46.5 cm³/mol. The van der Waals surface area contributed by atoms with Crippen LogP contribution in [-0.2, 0) is 9.84 Å². The molecule has 0 radical (unpaired) electrons. The van der Waals surface area contributed by atoms with E-state index < -0.39 is 9.84 Å². The molecule has 0 aliphatic carbocycles. The molecule has 0 heterocycles. The van der Waals surface area contributed by atoms with E-state index in [1.165, 1.54) is 0 Å². The lowest BCUT2D eigenvalue weighted by Crippen LogP contribution is -2.23. The number of nitrogens with two attached hydrogens (primary N) is 1. The Morgan fingerprint density at radius 3 is 2.45 bits per heavy atom. The second kappa shape index (κ2) is 4.33. The van der Waals surface area contributed by atoms with E-state index >= 15 is 0 Å². The highest BCUT2D eigenvalue weighted by Crippen LogP contribution is 1.84. The largest absolute Gasteiger partial charge is 0.387 e. The Labute approximate surface area is 67.4 Å². The molecule has 0 aromatic carbocycles. The molecule has 4 nitrogen and oxygen atoms in total. The van der Waals surface area contributed by atoms with Gasteiger partial charge in [0.2, 0.25) is 0 Å². The molecule has 0 spiro atoms. The quantitative estimate of drug-likeness (QED) is 0.478. The highest BCUT2D eigenvalue weighted by atomic mass is 32.2. The van der Waals surface area contributed by atoms with Gasteiger partial charge in [-0.2, -0.15) is 0 Å². The van der Waals surface area contributed by atoms with Gasteiger partial charge in [-0.15, -0.1) is 0 Å². The Morgan fingerprint density at radius 1 is 1.55 bits per heavy atom. The van der Waals surface area contributed by atoms with Crippen molar-refractivity contribution in [3.05, 3.63) is 0 Å². The number of aliphatic imine (C=N–C) groups is 1. The Morgan fingerprint density at radius 2 is 2.09 bits per heavy atom. The molecule has 0 aromatic rings. The van der Waals surface area contributed by atoms with Gasteiger partial charge in [-0.25, -0.2) is 8.42 Å². The van der Waals surface area contributed by atoms with Crippen molar-refractivity contribution in [1.82, 2.24) is 0 Å². The zero-order valence-electron chi connectivity index (χ0n) is 6.87. The van der Waals surface area contributed by atoms with Crippen LogP contribution in [0.1, 0.15) is 13.3 Å². The van der Waals surface area contributed by atoms with Crippen LogP contribution >= 0.6 is 0 Å². The first-order valence-corrected chi connectivity index (χ1v) is 5.48. The number of hydrogen-bond acceptors (Lipinski definition) is 3. The van der Waals surface area contributed by atoms with Gasteiger partial charge in [0.15, 0.2) is 9.84 Å². The van der Waals surface area contributed by atoms with E-state index in [1.54, 1.807) is 0 Å². The molecule has 66 valence electrons. The molecule has 0 bridgehead atoms. The summed E-state index contributed by atoms with van der Waals surface area (Å²) < 4.78 is 21.3. The SMILES string of the molecule is CCCN=C(N)CS(C)(=O)=O. The van der Waals surface area contributed by atoms with Crippen molar-refractivity contribution in [2.45, 2.75) is 13.3 Å². The lowest BCUT2D eigenvalue weighted by atomic mass is 10.5. The standard InChI is InChI=1S/C6H14N2O2S/c1-3-4-8-6(7)5-11(2,9)10/h3-5H2,1-2H3,(H2,7,8). The fraction of sp³-hybridized carbons (Fsp3) is 0.833. The van der Waals surface area contributed by atoms with E-state index in [2.05, 4.69) is 4.99 Å². The molecule has 0 rings (SSSR count). The van der Waals surface area contributed by atoms with E-state index in [4.69, 9.17) is 5.73 Å². The van der Waals surface area contributed by atoms with Crippen molar-refractivity contribution in [2.75, 3.05) is 18.6 Å². The third-order valence-corrected chi connectivity index (χ3v) is 1.77. The van der Waals surface area contributed by atoms with Crippen molar-refractivity contribution >= 4 is 15.7 Å². The molecule has 0 atom stereocenters. The first-order chi connectivity index (χ1) is 4.95. The highest BCUT2D eigenvalue weighted by molar-refractivity contribution is 7.91. The van der Waals surface area contributed by atoms with E-state index in [0.29, 0.717) is 6.54 Å². The number of hydrogen-bond donors (Lipinski definition) is 1. The second-order valence-corrected chi connectivity index (χ2v) is 4.58. The summed E-state index contributed by atoms with van der Waals surface area (Å²) in [7, 11) is -3.01. The van der Waals surface area contributed by atoms with Crippen molar-refractivity contribution in [3.63, 3.8) is 0 Å².